The van der Waals surface area contributed by atoms with Crippen molar-refractivity contribution < 1.29 is 4.74 Å². The van der Waals surface area contributed by atoms with Gasteiger partial charge in [0.05, 0.1) is 13.2 Å². The Kier molecular flexibility index (Phi) is 4.65. The van der Waals surface area contributed by atoms with Gasteiger partial charge in [-0.2, -0.15) is 0 Å². The van der Waals surface area contributed by atoms with Crippen molar-refractivity contribution in [1.29, 1.82) is 0 Å². The molecule has 0 heterocycles. The number of azide groups is 1. The summed E-state index contributed by atoms with van der Waals surface area (Å²) < 4.78 is 5.29. The molecule has 0 atom stereocenters. The van der Waals surface area contributed by atoms with Gasteiger partial charge in [0.25, 0.3) is 0 Å². The quantitative estimate of drug-likeness (QED) is 0.321. The molecular formula is C11H11N3O. The molecule has 4 nitrogen and oxygen atoms in total. The predicted octanol–water partition coefficient (Wildman–Crippen LogP) is 2.75. The van der Waals surface area contributed by atoms with Crippen molar-refractivity contribution in [2.24, 2.45) is 5.11 Å². The lowest BCUT2D eigenvalue weighted by molar-refractivity contribution is 0.340. The van der Waals surface area contributed by atoms with E-state index in [4.69, 9.17) is 10.3 Å². The zero-order valence-electron chi connectivity index (χ0n) is 8.47. The second-order valence-corrected chi connectivity index (χ2v) is 2.65. The molecule has 0 saturated heterocycles. The SMILES string of the molecule is CCOc1ccc(C#CCN=[N+]=[N-])cc1. The maximum absolute atomic E-state index is 8.03. The lowest BCUT2D eigenvalue weighted by Gasteiger charge is -2.01. The molecule has 0 bridgehead atoms. The zero-order chi connectivity index (χ0) is 10.9. The van der Waals surface area contributed by atoms with Crippen LogP contribution in [0.1, 0.15) is 12.5 Å². The molecule has 0 unspecified atom stereocenters. The zero-order valence-corrected chi connectivity index (χ0v) is 8.47. The highest BCUT2D eigenvalue weighted by atomic mass is 16.5. The average molecular weight is 201 g/mol. The van der Waals surface area contributed by atoms with Crippen molar-refractivity contribution >= 4 is 0 Å². The largest absolute Gasteiger partial charge is 0.494 e. The smallest absolute Gasteiger partial charge is 0.119 e. The Morgan fingerprint density at radius 1 is 1.40 bits per heavy atom. The fraction of sp³-hybridized carbons (Fsp3) is 0.273. The van der Waals surface area contributed by atoms with Gasteiger partial charge in [0, 0.05) is 10.5 Å². The van der Waals surface area contributed by atoms with Crippen molar-refractivity contribution in [3.63, 3.8) is 0 Å². The van der Waals surface area contributed by atoms with Gasteiger partial charge in [-0.15, -0.1) is 0 Å². The second kappa shape index (κ2) is 6.36. The Labute approximate surface area is 88.5 Å². The van der Waals surface area contributed by atoms with E-state index in [-0.39, 0.29) is 6.54 Å². The van der Waals surface area contributed by atoms with Crippen LogP contribution in [0.4, 0.5) is 0 Å². The summed E-state index contributed by atoms with van der Waals surface area (Å²) in [5, 5.41) is 3.32. The summed E-state index contributed by atoms with van der Waals surface area (Å²) in [4.78, 5) is 2.61. The van der Waals surface area contributed by atoms with Crippen LogP contribution in [0.5, 0.6) is 5.75 Å². The Bertz CT molecular complexity index is 408. The van der Waals surface area contributed by atoms with Gasteiger partial charge in [0.15, 0.2) is 0 Å². The van der Waals surface area contributed by atoms with E-state index in [2.05, 4.69) is 21.9 Å². The van der Waals surface area contributed by atoms with Crippen molar-refractivity contribution in [3.8, 4) is 17.6 Å². The first-order chi connectivity index (χ1) is 7.36. The first-order valence-electron chi connectivity index (χ1n) is 4.59. The molecule has 0 amide bonds. The van der Waals surface area contributed by atoms with Crippen LogP contribution in [-0.4, -0.2) is 13.2 Å². The predicted molar refractivity (Wildman–Crippen MR) is 58.5 cm³/mol. The summed E-state index contributed by atoms with van der Waals surface area (Å²) >= 11 is 0. The van der Waals surface area contributed by atoms with Gasteiger partial charge >= 0.3 is 0 Å². The average Bonchev–Trinajstić information content (AvgIpc) is 2.27. The van der Waals surface area contributed by atoms with Crippen molar-refractivity contribution in [2.75, 3.05) is 13.2 Å². The minimum absolute atomic E-state index is 0.198. The van der Waals surface area contributed by atoms with Crippen LogP contribution in [0.3, 0.4) is 0 Å². The highest BCUT2D eigenvalue weighted by Crippen LogP contribution is 2.10. The van der Waals surface area contributed by atoms with E-state index in [0.29, 0.717) is 6.61 Å². The van der Waals surface area contributed by atoms with Gasteiger partial charge < -0.3 is 4.74 Å². The molecule has 76 valence electrons. The highest BCUT2D eigenvalue weighted by molar-refractivity contribution is 5.38. The van der Waals surface area contributed by atoms with Gasteiger partial charge in [-0.05, 0) is 36.7 Å². The highest BCUT2D eigenvalue weighted by Gasteiger charge is 1.90. The minimum Gasteiger partial charge on any atom is -0.494 e. The topological polar surface area (TPSA) is 58.0 Å². The fourth-order valence-electron chi connectivity index (χ4n) is 1.01. The summed E-state index contributed by atoms with van der Waals surface area (Å²) in [6.07, 6.45) is 0. The van der Waals surface area contributed by atoms with E-state index in [9.17, 15) is 0 Å². The van der Waals surface area contributed by atoms with Gasteiger partial charge in [0.2, 0.25) is 0 Å². The summed E-state index contributed by atoms with van der Waals surface area (Å²) in [7, 11) is 0. The summed E-state index contributed by atoms with van der Waals surface area (Å²) in [5.74, 6) is 6.45. The minimum atomic E-state index is 0.198. The van der Waals surface area contributed by atoms with E-state index >= 15 is 0 Å². The summed E-state index contributed by atoms with van der Waals surface area (Å²) in [6.45, 7) is 2.79. The third-order valence-electron chi connectivity index (χ3n) is 1.61. The molecule has 0 fully saturated rings. The molecule has 0 aromatic heterocycles. The molecule has 1 aromatic carbocycles. The lowest BCUT2D eigenvalue weighted by atomic mass is 10.2. The molecule has 0 radical (unpaired) electrons. The first kappa shape index (κ1) is 11.0. The number of ether oxygens (including phenoxy) is 1. The molecular weight excluding hydrogens is 190 g/mol. The molecule has 1 aromatic rings. The molecule has 1 rings (SSSR count). The number of benzene rings is 1. The molecule has 4 heteroatoms. The summed E-state index contributed by atoms with van der Waals surface area (Å²) in [5.41, 5.74) is 8.91. The molecule has 0 aliphatic rings. The van der Waals surface area contributed by atoms with E-state index in [1.54, 1.807) is 0 Å². The van der Waals surface area contributed by atoms with Crippen LogP contribution in [0, 0.1) is 11.8 Å². The van der Waals surface area contributed by atoms with Gasteiger partial charge in [-0.25, -0.2) is 0 Å². The van der Waals surface area contributed by atoms with Crippen molar-refractivity contribution in [2.45, 2.75) is 6.92 Å². The van der Waals surface area contributed by atoms with Gasteiger partial charge in [-0.1, -0.05) is 17.0 Å². The van der Waals surface area contributed by atoms with Crippen LogP contribution in [0.2, 0.25) is 0 Å². The van der Waals surface area contributed by atoms with Crippen LogP contribution < -0.4 is 4.74 Å². The van der Waals surface area contributed by atoms with E-state index in [1.165, 1.54) is 0 Å². The number of hydrogen-bond donors (Lipinski definition) is 0. The standard InChI is InChI=1S/C11H11N3O/c1-2-15-11-7-5-10(6-8-11)4-3-9-13-14-12/h5-8H,2,9H2,1H3. The van der Waals surface area contributed by atoms with E-state index in [0.717, 1.165) is 11.3 Å². The van der Waals surface area contributed by atoms with Gasteiger partial charge in [0.1, 0.15) is 5.75 Å². The second-order valence-electron chi connectivity index (χ2n) is 2.65. The Hall–Kier alpha value is -2.11. The lowest BCUT2D eigenvalue weighted by Crippen LogP contribution is -1.90. The normalized spacial score (nSPS) is 8.33. The van der Waals surface area contributed by atoms with Crippen LogP contribution in [0.25, 0.3) is 10.4 Å². The number of rotatable bonds is 3. The maximum Gasteiger partial charge on any atom is 0.119 e. The fourth-order valence-corrected chi connectivity index (χ4v) is 1.01. The first-order valence-corrected chi connectivity index (χ1v) is 4.59. The summed E-state index contributed by atoms with van der Waals surface area (Å²) in [6, 6.07) is 7.46. The Balaban J connectivity index is 2.62. The molecule has 15 heavy (non-hydrogen) atoms. The molecule has 0 spiro atoms. The van der Waals surface area contributed by atoms with E-state index in [1.807, 2.05) is 31.2 Å². The van der Waals surface area contributed by atoms with E-state index < -0.39 is 0 Å². The molecule has 0 aliphatic heterocycles. The maximum atomic E-state index is 8.03. The van der Waals surface area contributed by atoms with Crippen LogP contribution >= 0.6 is 0 Å². The molecule has 0 aliphatic carbocycles. The third-order valence-corrected chi connectivity index (χ3v) is 1.61. The van der Waals surface area contributed by atoms with Crippen LogP contribution in [0.15, 0.2) is 29.4 Å². The Morgan fingerprint density at radius 2 is 2.13 bits per heavy atom. The third kappa shape index (κ3) is 4.08. The van der Waals surface area contributed by atoms with Crippen molar-refractivity contribution in [1.82, 2.24) is 0 Å². The number of hydrogen-bond acceptors (Lipinski definition) is 2. The van der Waals surface area contributed by atoms with Crippen molar-refractivity contribution in [3.05, 3.63) is 40.3 Å². The number of nitrogens with zero attached hydrogens (tertiary/aromatic N) is 3. The molecule has 0 N–H and O–H groups in total. The molecule has 0 saturated carbocycles. The van der Waals surface area contributed by atoms with Crippen LogP contribution in [-0.2, 0) is 0 Å². The Morgan fingerprint density at radius 3 is 2.73 bits per heavy atom. The van der Waals surface area contributed by atoms with Gasteiger partial charge in [-0.3, -0.25) is 0 Å². The monoisotopic (exact) mass is 201 g/mol.